The molecule has 0 radical (unpaired) electrons. The summed E-state index contributed by atoms with van der Waals surface area (Å²) in [5, 5.41) is 16.2. The largest absolute Gasteiger partial charge is 0.506 e. The smallest absolute Gasteiger partial charge is 0.329 e. The lowest BCUT2D eigenvalue weighted by Gasteiger charge is -2.06. The summed E-state index contributed by atoms with van der Waals surface area (Å²) >= 11 is 11.6. The van der Waals surface area contributed by atoms with Gasteiger partial charge in [0.1, 0.15) is 5.75 Å². The number of aromatic hydroxyl groups is 1. The molecule has 0 aliphatic heterocycles. The molecule has 0 unspecified atom stereocenters. The number of nitrogens with zero attached hydrogens (tertiary/aromatic N) is 1. The Morgan fingerprint density at radius 3 is 2.48 bits per heavy atom. The van der Waals surface area contributed by atoms with E-state index in [4.69, 9.17) is 23.2 Å². The molecule has 0 aromatic heterocycles. The Balaban J connectivity index is 1.99. The first-order valence-electron chi connectivity index (χ1n) is 7.17. The minimum absolute atomic E-state index is 0.0489. The number of carbonyl (C=O) groups excluding carboxylic acids is 2. The molecule has 0 heterocycles. The number of phenolic OH excluding ortho intramolecular Hbond substituents is 1. The number of benzene rings is 2. The van der Waals surface area contributed by atoms with Crippen molar-refractivity contribution in [2.75, 3.05) is 5.32 Å². The van der Waals surface area contributed by atoms with Gasteiger partial charge in [0, 0.05) is 16.3 Å². The quantitative estimate of drug-likeness (QED) is 0.433. The first-order chi connectivity index (χ1) is 11.8. The summed E-state index contributed by atoms with van der Waals surface area (Å²) in [6, 6.07) is 8.07. The van der Waals surface area contributed by atoms with Crippen LogP contribution in [0.15, 0.2) is 35.4 Å². The first kappa shape index (κ1) is 18.8. The van der Waals surface area contributed by atoms with Crippen LogP contribution in [-0.4, -0.2) is 23.1 Å². The van der Waals surface area contributed by atoms with Gasteiger partial charge in [-0.15, -0.1) is 0 Å². The molecule has 2 amide bonds. The third kappa shape index (κ3) is 4.95. The second-order valence-electron chi connectivity index (χ2n) is 5.28. The van der Waals surface area contributed by atoms with Gasteiger partial charge in [-0.3, -0.25) is 9.59 Å². The van der Waals surface area contributed by atoms with Gasteiger partial charge in [0.25, 0.3) is 0 Å². The summed E-state index contributed by atoms with van der Waals surface area (Å²) in [6.45, 7) is 3.85. The molecular formula is C17H15Cl2N3O3. The highest BCUT2D eigenvalue weighted by atomic mass is 35.5. The number of anilines is 1. The number of phenols is 1. The molecule has 130 valence electrons. The number of hydrogen-bond donors (Lipinski definition) is 3. The summed E-state index contributed by atoms with van der Waals surface area (Å²) in [6.07, 6.45) is 1.13. The first-order valence-corrected chi connectivity index (χ1v) is 7.93. The number of halogens is 2. The summed E-state index contributed by atoms with van der Waals surface area (Å²) in [5.41, 5.74) is 4.84. The maximum Gasteiger partial charge on any atom is 0.329 e. The fourth-order valence-corrected chi connectivity index (χ4v) is 2.41. The van der Waals surface area contributed by atoms with Crippen LogP contribution in [-0.2, 0) is 9.59 Å². The fourth-order valence-electron chi connectivity index (χ4n) is 1.90. The molecule has 2 aromatic rings. The average molecular weight is 380 g/mol. The molecule has 2 rings (SSSR count). The van der Waals surface area contributed by atoms with Gasteiger partial charge < -0.3 is 10.4 Å². The molecule has 0 atom stereocenters. The van der Waals surface area contributed by atoms with E-state index in [1.807, 2.05) is 19.9 Å². The van der Waals surface area contributed by atoms with Crippen molar-refractivity contribution in [3.05, 3.63) is 57.1 Å². The van der Waals surface area contributed by atoms with E-state index < -0.39 is 11.8 Å². The van der Waals surface area contributed by atoms with Gasteiger partial charge >= 0.3 is 11.8 Å². The number of nitrogens with one attached hydrogen (secondary N) is 2. The minimum Gasteiger partial charge on any atom is -0.506 e. The molecule has 0 saturated heterocycles. The SMILES string of the molecule is Cc1ccc(NC(=O)C(=O)N/N=C\c2cc(Cl)cc(Cl)c2O)cc1C. The summed E-state index contributed by atoms with van der Waals surface area (Å²) in [5.74, 6) is -2.06. The van der Waals surface area contributed by atoms with E-state index in [-0.39, 0.29) is 16.3 Å². The average Bonchev–Trinajstić information content (AvgIpc) is 2.55. The van der Waals surface area contributed by atoms with Crippen molar-refractivity contribution >= 4 is 46.9 Å². The molecule has 0 aliphatic carbocycles. The van der Waals surface area contributed by atoms with Gasteiger partial charge in [-0.2, -0.15) is 5.10 Å². The summed E-state index contributed by atoms with van der Waals surface area (Å²) < 4.78 is 0. The van der Waals surface area contributed by atoms with Gasteiger partial charge in [-0.25, -0.2) is 5.43 Å². The van der Waals surface area contributed by atoms with Gasteiger partial charge in [0.05, 0.1) is 11.2 Å². The van der Waals surface area contributed by atoms with Crippen LogP contribution in [0.4, 0.5) is 5.69 Å². The maximum atomic E-state index is 11.8. The summed E-state index contributed by atoms with van der Waals surface area (Å²) in [7, 11) is 0. The molecule has 0 saturated carbocycles. The van der Waals surface area contributed by atoms with Gasteiger partial charge in [0.15, 0.2) is 0 Å². The zero-order chi connectivity index (χ0) is 18.6. The highest BCUT2D eigenvalue weighted by Crippen LogP contribution is 2.29. The lowest BCUT2D eigenvalue weighted by Crippen LogP contribution is -2.32. The number of hydrazone groups is 1. The fraction of sp³-hybridized carbons (Fsp3) is 0.118. The Hall–Kier alpha value is -2.57. The van der Waals surface area contributed by atoms with Crippen LogP contribution in [0.5, 0.6) is 5.75 Å². The molecule has 0 spiro atoms. The maximum absolute atomic E-state index is 11.8. The Morgan fingerprint density at radius 2 is 1.80 bits per heavy atom. The molecule has 6 nitrogen and oxygen atoms in total. The number of aryl methyl sites for hydroxylation is 2. The number of hydrogen-bond acceptors (Lipinski definition) is 4. The van der Waals surface area contributed by atoms with Crippen LogP contribution in [0, 0.1) is 13.8 Å². The third-order valence-electron chi connectivity index (χ3n) is 3.40. The lowest BCUT2D eigenvalue weighted by atomic mass is 10.1. The molecule has 8 heteroatoms. The van der Waals surface area contributed by atoms with Gasteiger partial charge in [0.2, 0.25) is 0 Å². The van der Waals surface area contributed by atoms with Crippen LogP contribution >= 0.6 is 23.2 Å². The molecule has 0 fully saturated rings. The monoisotopic (exact) mass is 379 g/mol. The molecule has 0 bridgehead atoms. The molecule has 3 N–H and O–H groups in total. The predicted octanol–water partition coefficient (Wildman–Crippen LogP) is 3.40. The minimum atomic E-state index is -0.956. The van der Waals surface area contributed by atoms with Gasteiger partial charge in [-0.1, -0.05) is 29.3 Å². The van der Waals surface area contributed by atoms with Crippen molar-refractivity contribution < 1.29 is 14.7 Å². The lowest BCUT2D eigenvalue weighted by molar-refractivity contribution is -0.136. The van der Waals surface area contributed by atoms with Crippen molar-refractivity contribution in [2.45, 2.75) is 13.8 Å². The predicted molar refractivity (Wildman–Crippen MR) is 98.4 cm³/mol. The van der Waals surface area contributed by atoms with E-state index in [0.29, 0.717) is 10.7 Å². The standard InChI is InChI=1S/C17H15Cl2N3O3/c1-9-3-4-13(5-10(9)2)21-16(24)17(25)22-20-8-11-6-12(18)7-14(19)15(11)23/h3-8,23H,1-2H3,(H,21,24)(H,22,25)/b20-8-. The van der Waals surface area contributed by atoms with Crippen LogP contribution in [0.3, 0.4) is 0 Å². The zero-order valence-electron chi connectivity index (χ0n) is 13.4. The summed E-state index contributed by atoms with van der Waals surface area (Å²) in [4.78, 5) is 23.6. The van der Waals surface area contributed by atoms with E-state index >= 15 is 0 Å². The number of rotatable bonds is 3. The second kappa shape index (κ2) is 8.00. The van der Waals surface area contributed by atoms with Crippen molar-refractivity contribution in [1.82, 2.24) is 5.43 Å². The number of carbonyl (C=O) groups is 2. The Kier molecular flexibility index (Phi) is 6.01. The molecular weight excluding hydrogens is 365 g/mol. The molecule has 0 aliphatic rings. The molecule has 25 heavy (non-hydrogen) atoms. The highest BCUT2D eigenvalue weighted by molar-refractivity contribution is 6.39. The topological polar surface area (TPSA) is 90.8 Å². The second-order valence-corrected chi connectivity index (χ2v) is 6.12. The van der Waals surface area contributed by atoms with Crippen molar-refractivity contribution in [3.63, 3.8) is 0 Å². The van der Waals surface area contributed by atoms with Gasteiger partial charge in [-0.05, 0) is 49.2 Å². The van der Waals surface area contributed by atoms with Crippen molar-refractivity contribution in [2.24, 2.45) is 5.10 Å². The Morgan fingerprint density at radius 1 is 1.08 bits per heavy atom. The van der Waals surface area contributed by atoms with E-state index in [9.17, 15) is 14.7 Å². The zero-order valence-corrected chi connectivity index (χ0v) is 14.9. The van der Waals surface area contributed by atoms with Crippen LogP contribution < -0.4 is 10.7 Å². The van der Waals surface area contributed by atoms with E-state index in [0.717, 1.165) is 17.3 Å². The highest BCUT2D eigenvalue weighted by Gasteiger charge is 2.13. The van der Waals surface area contributed by atoms with E-state index in [2.05, 4.69) is 15.8 Å². The number of amides is 2. The normalized spacial score (nSPS) is 10.7. The molecule has 2 aromatic carbocycles. The van der Waals surface area contributed by atoms with Crippen molar-refractivity contribution in [1.29, 1.82) is 0 Å². The third-order valence-corrected chi connectivity index (χ3v) is 3.90. The Bertz CT molecular complexity index is 866. The van der Waals surface area contributed by atoms with E-state index in [1.165, 1.54) is 12.1 Å². The van der Waals surface area contributed by atoms with Crippen LogP contribution in [0.25, 0.3) is 0 Å². The van der Waals surface area contributed by atoms with E-state index in [1.54, 1.807) is 12.1 Å². The van der Waals surface area contributed by atoms with Crippen LogP contribution in [0.2, 0.25) is 10.0 Å². The Labute approximate surface area is 154 Å². The van der Waals surface area contributed by atoms with Crippen molar-refractivity contribution in [3.8, 4) is 5.75 Å². The van der Waals surface area contributed by atoms with Crippen LogP contribution in [0.1, 0.15) is 16.7 Å².